The number of nitrogens with two attached hydrogens (primary N) is 1. The van der Waals surface area contributed by atoms with E-state index in [0.717, 1.165) is 33.3 Å². The van der Waals surface area contributed by atoms with E-state index in [0.29, 0.717) is 29.0 Å². The van der Waals surface area contributed by atoms with E-state index in [2.05, 4.69) is 4.98 Å². The molecular formula is C25H22N4O3. The zero-order valence-corrected chi connectivity index (χ0v) is 17.7. The van der Waals surface area contributed by atoms with Crippen LogP contribution in [0.5, 0.6) is 17.5 Å². The monoisotopic (exact) mass is 426 g/mol. The number of benzene rings is 2. The SMILES string of the molecule is COc1ccc(Cn2cc3nc4c(-c5cccnc5OC)cccc4c(N)c3c2O)cc1. The Labute approximate surface area is 184 Å². The largest absolute Gasteiger partial charge is 0.497 e. The van der Waals surface area contributed by atoms with Gasteiger partial charge in [-0.3, -0.25) is 0 Å². The molecule has 0 spiro atoms. The van der Waals surface area contributed by atoms with Crippen LogP contribution < -0.4 is 15.2 Å². The average Bonchev–Trinajstić information content (AvgIpc) is 3.14. The van der Waals surface area contributed by atoms with Gasteiger partial charge in [0.15, 0.2) is 0 Å². The van der Waals surface area contributed by atoms with Crippen molar-refractivity contribution in [2.75, 3.05) is 20.0 Å². The van der Waals surface area contributed by atoms with Crippen LogP contribution in [-0.4, -0.2) is 33.9 Å². The van der Waals surface area contributed by atoms with Crippen LogP contribution >= 0.6 is 0 Å². The molecule has 0 unspecified atom stereocenters. The molecule has 3 aromatic heterocycles. The molecule has 32 heavy (non-hydrogen) atoms. The highest BCUT2D eigenvalue weighted by atomic mass is 16.5. The summed E-state index contributed by atoms with van der Waals surface area (Å²) >= 11 is 0. The highest BCUT2D eigenvalue weighted by Gasteiger charge is 2.19. The smallest absolute Gasteiger partial charge is 0.221 e. The van der Waals surface area contributed by atoms with Crippen molar-refractivity contribution in [3.05, 3.63) is 72.6 Å². The van der Waals surface area contributed by atoms with Gasteiger partial charge in [0.2, 0.25) is 11.8 Å². The quantitative estimate of drug-likeness (QED) is 0.426. The Bertz CT molecular complexity index is 1440. The van der Waals surface area contributed by atoms with Gasteiger partial charge in [-0.1, -0.05) is 30.3 Å². The number of fused-ring (bicyclic) bond motifs is 2. The first kappa shape index (κ1) is 19.7. The lowest BCUT2D eigenvalue weighted by molar-refractivity contribution is 0.400. The first-order valence-electron chi connectivity index (χ1n) is 10.1. The molecule has 2 aromatic carbocycles. The van der Waals surface area contributed by atoms with Gasteiger partial charge < -0.3 is 24.9 Å². The van der Waals surface area contributed by atoms with Gasteiger partial charge in [-0.15, -0.1) is 0 Å². The second kappa shape index (κ2) is 7.77. The fraction of sp³-hybridized carbons (Fsp3) is 0.120. The number of pyridine rings is 2. The van der Waals surface area contributed by atoms with Crippen LogP contribution in [0.25, 0.3) is 32.9 Å². The summed E-state index contributed by atoms with van der Waals surface area (Å²) in [4.78, 5) is 9.18. The van der Waals surface area contributed by atoms with Crippen molar-refractivity contribution in [3.63, 3.8) is 0 Å². The second-order valence-electron chi connectivity index (χ2n) is 7.48. The number of anilines is 1. The zero-order chi connectivity index (χ0) is 22.2. The van der Waals surface area contributed by atoms with E-state index in [1.54, 1.807) is 25.0 Å². The summed E-state index contributed by atoms with van der Waals surface area (Å²) in [6, 6.07) is 17.3. The zero-order valence-electron chi connectivity index (χ0n) is 17.7. The van der Waals surface area contributed by atoms with Gasteiger partial charge in [-0.2, -0.15) is 0 Å². The molecule has 0 atom stereocenters. The highest BCUT2D eigenvalue weighted by molar-refractivity contribution is 6.12. The topological polar surface area (TPSA) is 95.4 Å². The van der Waals surface area contributed by atoms with Gasteiger partial charge >= 0.3 is 0 Å². The minimum absolute atomic E-state index is 0.0899. The van der Waals surface area contributed by atoms with Gasteiger partial charge in [-0.25, -0.2) is 9.97 Å². The Morgan fingerprint density at radius 3 is 2.50 bits per heavy atom. The minimum atomic E-state index is 0.0899. The fourth-order valence-electron chi connectivity index (χ4n) is 4.04. The Balaban J connectivity index is 1.68. The van der Waals surface area contributed by atoms with E-state index >= 15 is 0 Å². The van der Waals surface area contributed by atoms with Crippen molar-refractivity contribution in [1.29, 1.82) is 0 Å². The summed E-state index contributed by atoms with van der Waals surface area (Å²) in [6.45, 7) is 0.477. The third-order valence-electron chi connectivity index (χ3n) is 5.62. The molecule has 5 aromatic rings. The maximum atomic E-state index is 10.9. The molecule has 7 heteroatoms. The van der Waals surface area contributed by atoms with Crippen LogP contribution in [0.3, 0.4) is 0 Å². The van der Waals surface area contributed by atoms with Crippen LogP contribution in [0.2, 0.25) is 0 Å². The van der Waals surface area contributed by atoms with Crippen molar-refractivity contribution in [1.82, 2.24) is 14.5 Å². The predicted octanol–water partition coefficient (Wildman–Crippen LogP) is 4.60. The molecule has 160 valence electrons. The van der Waals surface area contributed by atoms with E-state index < -0.39 is 0 Å². The molecule has 3 heterocycles. The number of rotatable bonds is 5. The lowest BCUT2D eigenvalue weighted by Crippen LogP contribution is -1.97. The first-order valence-corrected chi connectivity index (χ1v) is 10.1. The van der Waals surface area contributed by atoms with Crippen molar-refractivity contribution in [3.8, 4) is 28.6 Å². The summed E-state index contributed by atoms with van der Waals surface area (Å²) in [7, 11) is 3.22. The number of methoxy groups -OCH3 is 2. The standard InChI is InChI=1S/C25H22N4O3/c1-31-16-10-8-15(9-11-16)13-29-14-20-21(25(29)30)22(26)19-6-3-5-17(23(19)28-20)18-7-4-12-27-24(18)32-2/h3-12,14,30H,13,26H2,1-2H3. The Kier molecular flexibility index (Phi) is 4.78. The number of hydrogen-bond acceptors (Lipinski definition) is 6. The molecule has 0 amide bonds. The van der Waals surface area contributed by atoms with Crippen LogP contribution in [0.1, 0.15) is 5.56 Å². The molecule has 0 fully saturated rings. The number of aromatic nitrogens is 3. The summed E-state index contributed by atoms with van der Waals surface area (Å²) in [6.07, 6.45) is 3.51. The van der Waals surface area contributed by atoms with Crippen LogP contribution in [0.15, 0.2) is 67.0 Å². The minimum Gasteiger partial charge on any atom is -0.497 e. The fourth-order valence-corrected chi connectivity index (χ4v) is 4.04. The maximum absolute atomic E-state index is 10.9. The molecule has 7 nitrogen and oxygen atoms in total. The third kappa shape index (κ3) is 3.15. The van der Waals surface area contributed by atoms with Gasteiger partial charge in [0.05, 0.1) is 42.9 Å². The summed E-state index contributed by atoms with van der Waals surface area (Å²) in [5, 5.41) is 12.3. The van der Waals surface area contributed by atoms with Crippen molar-refractivity contribution >= 4 is 27.5 Å². The van der Waals surface area contributed by atoms with Gasteiger partial charge in [0.1, 0.15) is 5.75 Å². The maximum Gasteiger partial charge on any atom is 0.221 e. The third-order valence-corrected chi connectivity index (χ3v) is 5.62. The van der Waals surface area contributed by atoms with Crippen LogP contribution in [0, 0.1) is 0 Å². The van der Waals surface area contributed by atoms with E-state index in [1.807, 2.05) is 60.8 Å². The molecule has 0 aliphatic carbocycles. The number of para-hydroxylation sites is 1. The number of nitrogen functional groups attached to an aromatic ring is 1. The summed E-state index contributed by atoms with van der Waals surface area (Å²) < 4.78 is 12.4. The predicted molar refractivity (Wildman–Crippen MR) is 125 cm³/mol. The van der Waals surface area contributed by atoms with Gasteiger partial charge in [0.25, 0.3) is 0 Å². The first-order chi connectivity index (χ1) is 15.6. The van der Waals surface area contributed by atoms with E-state index in [1.165, 1.54) is 0 Å². The molecule has 0 radical (unpaired) electrons. The lowest BCUT2D eigenvalue weighted by Gasteiger charge is -2.11. The highest BCUT2D eigenvalue weighted by Crippen LogP contribution is 2.40. The van der Waals surface area contributed by atoms with E-state index in [-0.39, 0.29) is 5.88 Å². The number of ether oxygens (including phenoxy) is 2. The molecule has 0 aliphatic rings. The van der Waals surface area contributed by atoms with Gasteiger partial charge in [0, 0.05) is 28.9 Å². The van der Waals surface area contributed by atoms with E-state index in [4.69, 9.17) is 20.2 Å². The van der Waals surface area contributed by atoms with Crippen molar-refractivity contribution in [2.24, 2.45) is 0 Å². The Morgan fingerprint density at radius 2 is 1.75 bits per heavy atom. The number of nitrogens with zero attached hydrogens (tertiary/aromatic N) is 3. The van der Waals surface area contributed by atoms with E-state index in [9.17, 15) is 5.11 Å². The molecule has 5 rings (SSSR count). The molecule has 3 N–H and O–H groups in total. The molecule has 0 saturated heterocycles. The van der Waals surface area contributed by atoms with Gasteiger partial charge in [-0.05, 0) is 29.8 Å². The van der Waals surface area contributed by atoms with Crippen LogP contribution in [0.4, 0.5) is 5.69 Å². The summed E-state index contributed by atoms with van der Waals surface area (Å²) in [5.74, 6) is 1.39. The molecule has 0 aliphatic heterocycles. The van der Waals surface area contributed by atoms with Crippen molar-refractivity contribution in [2.45, 2.75) is 6.54 Å². The lowest BCUT2D eigenvalue weighted by atomic mass is 10.0. The summed E-state index contributed by atoms with van der Waals surface area (Å²) in [5.41, 5.74) is 11.1. The van der Waals surface area contributed by atoms with Crippen LogP contribution in [-0.2, 0) is 6.54 Å². The van der Waals surface area contributed by atoms with Crippen molar-refractivity contribution < 1.29 is 14.6 Å². The number of hydrogen-bond donors (Lipinski definition) is 2. The molecular weight excluding hydrogens is 404 g/mol. The molecule has 0 saturated carbocycles. The molecule has 0 bridgehead atoms. The second-order valence-corrected chi connectivity index (χ2v) is 7.48. The normalized spacial score (nSPS) is 11.2. The number of aromatic hydroxyl groups is 1. The average molecular weight is 426 g/mol. The Hall–Kier alpha value is -4.26. The Morgan fingerprint density at radius 1 is 0.969 bits per heavy atom.